The minimum absolute atomic E-state index is 0.258. The molecule has 0 bridgehead atoms. The lowest BCUT2D eigenvalue weighted by atomic mass is 10.2. The van der Waals surface area contributed by atoms with Crippen molar-refractivity contribution in [1.82, 2.24) is 5.32 Å². The lowest BCUT2D eigenvalue weighted by Crippen LogP contribution is -2.22. The van der Waals surface area contributed by atoms with Gasteiger partial charge in [0, 0.05) is 6.54 Å². The largest absolute Gasteiger partial charge is 0.493 e. The number of amides is 1. The molecule has 3 rings (SSSR count). The number of furan rings is 1. The molecule has 1 amide bonds. The molecule has 0 atom stereocenters. The van der Waals surface area contributed by atoms with Gasteiger partial charge in [0.25, 0.3) is 5.91 Å². The summed E-state index contributed by atoms with van der Waals surface area (Å²) in [5, 5.41) is 2.82. The molecule has 0 aliphatic heterocycles. The Hall–Kier alpha value is -1.95. The Morgan fingerprint density at radius 3 is 2.71 bits per heavy atom. The first kappa shape index (κ1) is 16.9. The first-order chi connectivity index (χ1) is 11.7. The third kappa shape index (κ3) is 4.12. The van der Waals surface area contributed by atoms with Crippen molar-refractivity contribution in [1.29, 1.82) is 0 Å². The second-order valence-corrected chi connectivity index (χ2v) is 6.58. The molecule has 1 aliphatic rings. The lowest BCUT2D eigenvalue weighted by Gasteiger charge is -2.16. The van der Waals surface area contributed by atoms with Gasteiger partial charge in [-0.3, -0.25) is 4.79 Å². The molecular weight excluding hydrogens is 374 g/mol. The van der Waals surface area contributed by atoms with Crippen molar-refractivity contribution in [2.75, 3.05) is 7.11 Å². The molecular formula is C18H20BrNO4. The van der Waals surface area contributed by atoms with E-state index in [1.807, 2.05) is 18.2 Å². The maximum absolute atomic E-state index is 12.0. The number of ether oxygens (including phenoxy) is 2. The Labute approximate surface area is 149 Å². The van der Waals surface area contributed by atoms with E-state index in [2.05, 4.69) is 21.2 Å². The van der Waals surface area contributed by atoms with Crippen molar-refractivity contribution >= 4 is 21.8 Å². The van der Waals surface area contributed by atoms with Crippen molar-refractivity contribution < 1.29 is 18.7 Å². The fraction of sp³-hybridized carbons (Fsp3) is 0.389. The zero-order valence-corrected chi connectivity index (χ0v) is 15.1. The van der Waals surface area contributed by atoms with E-state index in [1.54, 1.807) is 19.2 Å². The highest BCUT2D eigenvalue weighted by Gasteiger charge is 2.18. The van der Waals surface area contributed by atoms with Crippen LogP contribution >= 0.6 is 15.9 Å². The summed E-state index contributed by atoms with van der Waals surface area (Å²) in [6.07, 6.45) is 4.92. The highest BCUT2D eigenvalue weighted by molar-refractivity contribution is 9.10. The summed E-state index contributed by atoms with van der Waals surface area (Å²) in [4.78, 5) is 12.0. The summed E-state index contributed by atoms with van der Waals surface area (Å²) in [6.45, 7) is 0.386. The Bertz CT molecular complexity index is 707. The van der Waals surface area contributed by atoms with E-state index < -0.39 is 0 Å². The Morgan fingerprint density at radius 1 is 1.25 bits per heavy atom. The quantitative estimate of drug-likeness (QED) is 0.794. The minimum Gasteiger partial charge on any atom is -0.493 e. The molecule has 1 aliphatic carbocycles. The average molecular weight is 394 g/mol. The smallest absolute Gasteiger partial charge is 0.287 e. The number of carbonyl (C=O) groups excluding carboxylic acids is 1. The monoisotopic (exact) mass is 393 g/mol. The van der Waals surface area contributed by atoms with E-state index in [4.69, 9.17) is 13.9 Å². The van der Waals surface area contributed by atoms with Crippen molar-refractivity contribution in [3.63, 3.8) is 0 Å². The number of halogens is 1. The third-order valence-corrected chi connectivity index (χ3v) is 4.50. The number of hydrogen-bond acceptors (Lipinski definition) is 4. The fourth-order valence-electron chi connectivity index (χ4n) is 2.81. The van der Waals surface area contributed by atoms with Gasteiger partial charge in [-0.2, -0.15) is 0 Å². The Morgan fingerprint density at radius 2 is 2.04 bits per heavy atom. The molecule has 24 heavy (non-hydrogen) atoms. The van der Waals surface area contributed by atoms with Crippen LogP contribution in [0.1, 0.15) is 41.8 Å². The van der Waals surface area contributed by atoms with Crippen LogP contribution in [0.2, 0.25) is 0 Å². The predicted octanol–water partition coefficient (Wildman–Crippen LogP) is 4.30. The standard InChI is InChI=1S/C18H20BrNO4/c1-22-16-10-12(6-7-14(16)23-13-4-2-3-5-13)11-20-18(21)15-8-9-17(19)24-15/h6-10,13H,2-5,11H2,1H3,(H,20,21). The lowest BCUT2D eigenvalue weighted by molar-refractivity contribution is 0.0922. The van der Waals surface area contributed by atoms with E-state index in [-0.39, 0.29) is 17.8 Å². The van der Waals surface area contributed by atoms with E-state index >= 15 is 0 Å². The van der Waals surface area contributed by atoms with Crippen LogP contribution in [0.25, 0.3) is 0 Å². The van der Waals surface area contributed by atoms with Gasteiger partial charge in [-0.05, 0) is 71.4 Å². The zero-order chi connectivity index (χ0) is 16.9. The fourth-order valence-corrected chi connectivity index (χ4v) is 3.12. The SMILES string of the molecule is COc1cc(CNC(=O)c2ccc(Br)o2)ccc1OC1CCCC1. The van der Waals surface area contributed by atoms with Crippen molar-refractivity contribution in [3.8, 4) is 11.5 Å². The predicted molar refractivity (Wildman–Crippen MR) is 93.5 cm³/mol. The van der Waals surface area contributed by atoms with Crippen molar-refractivity contribution in [2.45, 2.75) is 38.3 Å². The van der Waals surface area contributed by atoms with E-state index in [0.29, 0.717) is 17.0 Å². The Kier molecular flexibility index (Phi) is 5.45. The summed E-state index contributed by atoms with van der Waals surface area (Å²) < 4.78 is 17.2. The molecule has 1 saturated carbocycles. The van der Waals surface area contributed by atoms with Gasteiger partial charge in [-0.25, -0.2) is 0 Å². The topological polar surface area (TPSA) is 60.7 Å². The minimum atomic E-state index is -0.258. The normalized spacial score (nSPS) is 14.6. The van der Waals surface area contributed by atoms with Crippen LogP contribution in [-0.4, -0.2) is 19.1 Å². The van der Waals surface area contributed by atoms with Crippen LogP contribution < -0.4 is 14.8 Å². The molecule has 1 fully saturated rings. The Balaban J connectivity index is 1.62. The van der Waals surface area contributed by atoms with Gasteiger partial charge in [0.2, 0.25) is 0 Å². The number of hydrogen-bond donors (Lipinski definition) is 1. The van der Waals surface area contributed by atoms with Crippen molar-refractivity contribution in [2.24, 2.45) is 0 Å². The first-order valence-corrected chi connectivity index (χ1v) is 8.82. The molecule has 0 unspecified atom stereocenters. The average Bonchev–Trinajstić information content (AvgIpc) is 3.25. The second-order valence-electron chi connectivity index (χ2n) is 5.80. The third-order valence-electron chi connectivity index (χ3n) is 4.07. The summed E-state index contributed by atoms with van der Waals surface area (Å²) in [6, 6.07) is 9.04. The van der Waals surface area contributed by atoms with Crippen LogP contribution in [0.15, 0.2) is 39.4 Å². The molecule has 128 valence electrons. The van der Waals surface area contributed by atoms with E-state index in [9.17, 15) is 4.79 Å². The highest BCUT2D eigenvalue weighted by Crippen LogP contribution is 2.32. The van der Waals surface area contributed by atoms with Gasteiger partial charge < -0.3 is 19.2 Å². The van der Waals surface area contributed by atoms with Gasteiger partial charge in [-0.15, -0.1) is 0 Å². The van der Waals surface area contributed by atoms with Crippen LogP contribution in [-0.2, 0) is 6.54 Å². The molecule has 5 nitrogen and oxygen atoms in total. The number of rotatable bonds is 6. The number of nitrogens with one attached hydrogen (secondary N) is 1. The molecule has 0 radical (unpaired) electrons. The van der Waals surface area contributed by atoms with Gasteiger partial charge in [0.15, 0.2) is 21.9 Å². The molecule has 1 heterocycles. The molecule has 1 aromatic heterocycles. The molecule has 1 aromatic carbocycles. The number of carbonyl (C=O) groups is 1. The maximum atomic E-state index is 12.0. The van der Waals surface area contributed by atoms with Gasteiger partial charge >= 0.3 is 0 Å². The molecule has 2 aromatic rings. The summed E-state index contributed by atoms with van der Waals surface area (Å²) >= 11 is 3.18. The highest BCUT2D eigenvalue weighted by atomic mass is 79.9. The number of benzene rings is 1. The van der Waals surface area contributed by atoms with Crippen LogP contribution in [0.3, 0.4) is 0 Å². The van der Waals surface area contributed by atoms with Gasteiger partial charge in [-0.1, -0.05) is 6.07 Å². The summed E-state index contributed by atoms with van der Waals surface area (Å²) in [5.41, 5.74) is 0.935. The first-order valence-electron chi connectivity index (χ1n) is 8.03. The second kappa shape index (κ2) is 7.75. The molecule has 6 heteroatoms. The van der Waals surface area contributed by atoms with E-state index in [1.165, 1.54) is 12.8 Å². The van der Waals surface area contributed by atoms with Crippen molar-refractivity contribution in [3.05, 3.63) is 46.3 Å². The summed E-state index contributed by atoms with van der Waals surface area (Å²) in [5.74, 6) is 1.46. The molecule has 0 spiro atoms. The number of methoxy groups -OCH3 is 1. The van der Waals surface area contributed by atoms with Crippen LogP contribution in [0.5, 0.6) is 11.5 Å². The molecule has 1 N–H and O–H groups in total. The van der Waals surface area contributed by atoms with Crippen LogP contribution in [0, 0.1) is 0 Å². The van der Waals surface area contributed by atoms with Gasteiger partial charge in [0.05, 0.1) is 13.2 Å². The summed E-state index contributed by atoms with van der Waals surface area (Å²) in [7, 11) is 1.62. The maximum Gasteiger partial charge on any atom is 0.287 e. The molecule has 0 saturated heterocycles. The van der Waals surface area contributed by atoms with E-state index in [0.717, 1.165) is 24.2 Å². The van der Waals surface area contributed by atoms with Crippen LogP contribution in [0.4, 0.5) is 0 Å². The van der Waals surface area contributed by atoms with Gasteiger partial charge in [0.1, 0.15) is 0 Å². The zero-order valence-electron chi connectivity index (χ0n) is 13.5.